The van der Waals surface area contributed by atoms with Crippen molar-refractivity contribution in [1.29, 1.82) is 0 Å². The Morgan fingerprint density at radius 1 is 1.12 bits per heavy atom. The summed E-state index contributed by atoms with van der Waals surface area (Å²) in [6.07, 6.45) is 0. The topological polar surface area (TPSA) is 75.2 Å². The number of ether oxygens (including phenoxy) is 2. The van der Waals surface area contributed by atoms with Crippen molar-refractivity contribution in [3.05, 3.63) is 54.1 Å². The standard InChI is InChI=1S/C17H16F2N4O2S/c1-24-14-4-2-3-11(9-14)10-26-17-22-21-15(23(17)20)12-5-7-13(8-6-12)25-16(18)19/h2-9,16H,10,20H2,1H3. The molecule has 0 aliphatic rings. The Bertz CT molecular complexity index is 871. The molecule has 0 saturated carbocycles. The molecule has 3 aromatic rings. The minimum absolute atomic E-state index is 0.0689. The molecule has 3 rings (SSSR count). The van der Waals surface area contributed by atoms with Gasteiger partial charge in [-0.25, -0.2) is 4.68 Å². The van der Waals surface area contributed by atoms with Crippen LogP contribution < -0.4 is 15.3 Å². The number of benzene rings is 2. The second-order valence-electron chi connectivity index (χ2n) is 5.22. The normalized spacial score (nSPS) is 10.9. The van der Waals surface area contributed by atoms with Crippen molar-refractivity contribution in [2.45, 2.75) is 17.5 Å². The molecule has 6 nitrogen and oxygen atoms in total. The molecule has 1 heterocycles. The number of thioether (sulfide) groups is 1. The van der Waals surface area contributed by atoms with Crippen LogP contribution in [0.2, 0.25) is 0 Å². The maximum atomic E-state index is 12.2. The predicted octanol–water partition coefficient (Wildman–Crippen LogP) is 3.56. The van der Waals surface area contributed by atoms with Crippen molar-refractivity contribution < 1.29 is 18.3 Å². The maximum absolute atomic E-state index is 12.2. The molecule has 0 radical (unpaired) electrons. The van der Waals surface area contributed by atoms with Crippen LogP contribution in [0.1, 0.15) is 5.56 Å². The van der Waals surface area contributed by atoms with Crippen LogP contribution in [0.25, 0.3) is 11.4 Å². The molecule has 0 bridgehead atoms. The number of aromatic nitrogens is 3. The SMILES string of the molecule is COc1cccc(CSc2nnc(-c3ccc(OC(F)F)cc3)n2N)c1. The lowest BCUT2D eigenvalue weighted by Gasteiger charge is -2.07. The van der Waals surface area contributed by atoms with Gasteiger partial charge < -0.3 is 15.3 Å². The van der Waals surface area contributed by atoms with Crippen molar-refractivity contribution in [2.75, 3.05) is 13.0 Å². The monoisotopic (exact) mass is 378 g/mol. The van der Waals surface area contributed by atoms with E-state index < -0.39 is 6.61 Å². The van der Waals surface area contributed by atoms with Crippen molar-refractivity contribution in [1.82, 2.24) is 14.9 Å². The molecule has 9 heteroatoms. The number of halogens is 2. The summed E-state index contributed by atoms with van der Waals surface area (Å²) in [6.45, 7) is -2.86. The summed E-state index contributed by atoms with van der Waals surface area (Å²) >= 11 is 1.43. The first-order valence-electron chi connectivity index (χ1n) is 7.58. The third-order valence-electron chi connectivity index (χ3n) is 3.50. The van der Waals surface area contributed by atoms with Gasteiger partial charge in [-0.15, -0.1) is 10.2 Å². The van der Waals surface area contributed by atoms with Crippen LogP contribution in [0.5, 0.6) is 11.5 Å². The lowest BCUT2D eigenvalue weighted by atomic mass is 10.2. The molecule has 2 aromatic carbocycles. The fourth-order valence-electron chi connectivity index (χ4n) is 2.27. The number of rotatable bonds is 7. The van der Waals surface area contributed by atoms with Crippen LogP contribution in [-0.2, 0) is 5.75 Å². The number of hydrogen-bond acceptors (Lipinski definition) is 6. The van der Waals surface area contributed by atoms with Gasteiger partial charge >= 0.3 is 6.61 Å². The molecule has 0 atom stereocenters. The summed E-state index contributed by atoms with van der Waals surface area (Å²) in [5.41, 5.74) is 1.71. The van der Waals surface area contributed by atoms with Crippen LogP contribution in [0.3, 0.4) is 0 Å². The fraction of sp³-hybridized carbons (Fsp3) is 0.176. The molecule has 0 aliphatic heterocycles. The molecular formula is C17H16F2N4O2S. The first-order valence-corrected chi connectivity index (χ1v) is 8.57. The first kappa shape index (κ1) is 18.0. The van der Waals surface area contributed by atoms with Crippen molar-refractivity contribution in [3.8, 4) is 22.9 Å². The van der Waals surface area contributed by atoms with Gasteiger partial charge in [-0.1, -0.05) is 23.9 Å². The highest BCUT2D eigenvalue weighted by Crippen LogP contribution is 2.26. The Morgan fingerprint density at radius 2 is 1.88 bits per heavy atom. The van der Waals surface area contributed by atoms with Gasteiger partial charge in [0.25, 0.3) is 0 Å². The van der Waals surface area contributed by atoms with Gasteiger partial charge in [0.05, 0.1) is 7.11 Å². The van der Waals surface area contributed by atoms with Gasteiger partial charge in [0, 0.05) is 11.3 Å². The number of hydrogen-bond donors (Lipinski definition) is 1. The zero-order chi connectivity index (χ0) is 18.5. The molecule has 0 unspecified atom stereocenters. The molecule has 0 amide bonds. The minimum atomic E-state index is -2.86. The quantitative estimate of drug-likeness (QED) is 0.500. The molecule has 136 valence electrons. The zero-order valence-corrected chi connectivity index (χ0v) is 14.6. The smallest absolute Gasteiger partial charge is 0.387 e. The third-order valence-corrected chi connectivity index (χ3v) is 4.52. The summed E-state index contributed by atoms with van der Waals surface area (Å²) in [6, 6.07) is 13.8. The summed E-state index contributed by atoms with van der Waals surface area (Å²) in [5.74, 6) is 8.00. The van der Waals surface area contributed by atoms with Gasteiger partial charge in [-0.05, 0) is 42.0 Å². The van der Waals surface area contributed by atoms with Crippen LogP contribution in [0.4, 0.5) is 8.78 Å². The van der Waals surface area contributed by atoms with Gasteiger partial charge in [0.2, 0.25) is 5.16 Å². The van der Waals surface area contributed by atoms with Gasteiger partial charge in [0.1, 0.15) is 11.5 Å². The molecule has 26 heavy (non-hydrogen) atoms. The molecule has 2 N–H and O–H groups in total. The second-order valence-corrected chi connectivity index (χ2v) is 6.16. The van der Waals surface area contributed by atoms with Crippen LogP contribution >= 0.6 is 11.8 Å². The average molecular weight is 378 g/mol. The van der Waals surface area contributed by atoms with E-state index in [1.807, 2.05) is 24.3 Å². The van der Waals surface area contributed by atoms with Gasteiger partial charge in [-0.2, -0.15) is 8.78 Å². The Balaban J connectivity index is 1.71. The number of alkyl halides is 2. The number of methoxy groups -OCH3 is 1. The molecule has 0 aliphatic carbocycles. The highest BCUT2D eigenvalue weighted by Gasteiger charge is 2.13. The molecule has 0 fully saturated rings. The molecular weight excluding hydrogens is 362 g/mol. The predicted molar refractivity (Wildman–Crippen MR) is 94.8 cm³/mol. The number of nitrogens with two attached hydrogens (primary N) is 1. The fourth-order valence-corrected chi connectivity index (χ4v) is 3.07. The van der Waals surface area contributed by atoms with E-state index in [9.17, 15) is 8.78 Å². The van der Waals surface area contributed by atoms with Gasteiger partial charge in [-0.3, -0.25) is 0 Å². The Kier molecular flexibility index (Phi) is 5.57. The molecule has 1 aromatic heterocycles. The highest BCUT2D eigenvalue weighted by molar-refractivity contribution is 7.98. The lowest BCUT2D eigenvalue weighted by molar-refractivity contribution is -0.0498. The van der Waals surface area contributed by atoms with E-state index in [0.29, 0.717) is 22.3 Å². The zero-order valence-electron chi connectivity index (χ0n) is 13.8. The third kappa shape index (κ3) is 4.23. The minimum Gasteiger partial charge on any atom is -0.497 e. The lowest BCUT2D eigenvalue weighted by Crippen LogP contribution is -2.11. The highest BCUT2D eigenvalue weighted by atomic mass is 32.2. The Labute approximate surface area is 152 Å². The summed E-state index contributed by atoms with van der Waals surface area (Å²) in [7, 11) is 1.62. The van der Waals surface area contributed by atoms with E-state index in [1.54, 1.807) is 19.2 Å². The molecule has 0 spiro atoms. The summed E-state index contributed by atoms with van der Waals surface area (Å²) in [4.78, 5) is 0. The van der Waals surface area contributed by atoms with Crippen molar-refractivity contribution in [3.63, 3.8) is 0 Å². The van der Waals surface area contributed by atoms with Gasteiger partial charge in [0.15, 0.2) is 5.82 Å². The van der Waals surface area contributed by atoms with Crippen molar-refractivity contribution >= 4 is 11.8 Å². The number of nitrogens with zero attached hydrogens (tertiary/aromatic N) is 3. The Hall–Kier alpha value is -2.81. The van der Waals surface area contributed by atoms with Crippen LogP contribution in [0.15, 0.2) is 53.7 Å². The van der Waals surface area contributed by atoms with Crippen molar-refractivity contribution in [2.24, 2.45) is 0 Å². The van der Waals surface area contributed by atoms with E-state index in [1.165, 1.54) is 28.6 Å². The van der Waals surface area contributed by atoms with Crippen LogP contribution in [-0.4, -0.2) is 28.6 Å². The molecule has 0 saturated heterocycles. The van der Waals surface area contributed by atoms with E-state index in [2.05, 4.69) is 14.9 Å². The maximum Gasteiger partial charge on any atom is 0.387 e. The largest absolute Gasteiger partial charge is 0.497 e. The second kappa shape index (κ2) is 8.05. The van der Waals surface area contributed by atoms with Crippen LogP contribution in [0, 0.1) is 0 Å². The van der Waals surface area contributed by atoms with E-state index in [0.717, 1.165) is 11.3 Å². The summed E-state index contributed by atoms with van der Waals surface area (Å²) in [5, 5.41) is 8.70. The average Bonchev–Trinajstić information content (AvgIpc) is 3.01. The number of nitrogen functional groups attached to an aromatic ring is 1. The van der Waals surface area contributed by atoms with E-state index in [4.69, 9.17) is 10.6 Å². The summed E-state index contributed by atoms with van der Waals surface area (Å²) < 4.78 is 35.3. The van der Waals surface area contributed by atoms with E-state index in [-0.39, 0.29) is 5.75 Å². The Morgan fingerprint density at radius 3 is 2.58 bits per heavy atom. The first-order chi connectivity index (χ1) is 12.6. The van der Waals surface area contributed by atoms with E-state index >= 15 is 0 Å².